The summed E-state index contributed by atoms with van der Waals surface area (Å²) >= 11 is 3.25. The molecule has 90 valence electrons. The van der Waals surface area contributed by atoms with Gasteiger partial charge in [0.1, 0.15) is 0 Å². The molecule has 1 aromatic carbocycles. The number of hydrogen-bond acceptors (Lipinski definition) is 2. The zero-order valence-corrected chi connectivity index (χ0v) is 11.0. The van der Waals surface area contributed by atoms with Crippen molar-refractivity contribution in [3.8, 4) is 0 Å². The van der Waals surface area contributed by atoms with Gasteiger partial charge in [-0.05, 0) is 48.0 Å². The predicted octanol–water partition coefficient (Wildman–Crippen LogP) is 3.05. The number of carbonyl (C=O) groups excluding carboxylic acids is 1. The van der Waals surface area contributed by atoms with Crippen molar-refractivity contribution in [3.63, 3.8) is 0 Å². The van der Waals surface area contributed by atoms with E-state index in [1.165, 1.54) is 18.2 Å². The summed E-state index contributed by atoms with van der Waals surface area (Å²) in [4.78, 5) is 22.3. The van der Waals surface area contributed by atoms with Gasteiger partial charge in [0.15, 0.2) is 0 Å². The van der Waals surface area contributed by atoms with Gasteiger partial charge >= 0.3 is 5.97 Å². The maximum absolute atomic E-state index is 11.5. The first-order valence-electron chi connectivity index (χ1n) is 4.89. The van der Waals surface area contributed by atoms with Crippen LogP contribution in [0.3, 0.4) is 0 Å². The van der Waals surface area contributed by atoms with E-state index in [-0.39, 0.29) is 11.5 Å². The van der Waals surface area contributed by atoms with Gasteiger partial charge in [0.25, 0.3) is 0 Å². The standard InChI is InChI=1S/C12H12BrNO3/c1-7(2)5-11(15)14-10-6-8(12(16)17)3-4-9(10)13/h3-6H,1-2H3,(H,14,15)(H,16,17). The van der Waals surface area contributed by atoms with E-state index >= 15 is 0 Å². The first-order valence-corrected chi connectivity index (χ1v) is 5.68. The zero-order valence-electron chi connectivity index (χ0n) is 9.45. The van der Waals surface area contributed by atoms with Gasteiger partial charge < -0.3 is 10.4 Å². The molecule has 0 radical (unpaired) electrons. The Morgan fingerprint density at radius 3 is 2.53 bits per heavy atom. The van der Waals surface area contributed by atoms with E-state index in [2.05, 4.69) is 21.2 Å². The maximum atomic E-state index is 11.5. The van der Waals surface area contributed by atoms with Crippen LogP contribution in [0.25, 0.3) is 0 Å². The summed E-state index contributed by atoms with van der Waals surface area (Å²) in [5, 5.41) is 11.5. The van der Waals surface area contributed by atoms with Crippen LogP contribution in [0.2, 0.25) is 0 Å². The number of carbonyl (C=O) groups is 2. The SMILES string of the molecule is CC(C)=CC(=O)Nc1cc(C(=O)O)ccc1Br. The van der Waals surface area contributed by atoms with Gasteiger partial charge in [-0.15, -0.1) is 0 Å². The number of rotatable bonds is 3. The molecule has 0 aliphatic carbocycles. The number of hydrogen-bond donors (Lipinski definition) is 2. The molecule has 0 atom stereocenters. The molecule has 0 unspecified atom stereocenters. The van der Waals surface area contributed by atoms with Gasteiger partial charge in [0, 0.05) is 10.5 Å². The number of carboxylic acid groups (broad SMARTS) is 1. The summed E-state index contributed by atoms with van der Waals surface area (Å²) in [7, 11) is 0. The predicted molar refractivity (Wildman–Crippen MR) is 69.2 cm³/mol. The highest BCUT2D eigenvalue weighted by atomic mass is 79.9. The lowest BCUT2D eigenvalue weighted by Gasteiger charge is -2.06. The highest BCUT2D eigenvalue weighted by molar-refractivity contribution is 9.10. The quantitative estimate of drug-likeness (QED) is 0.843. The molecule has 1 rings (SSSR count). The van der Waals surface area contributed by atoms with Gasteiger partial charge in [-0.3, -0.25) is 4.79 Å². The second-order valence-electron chi connectivity index (χ2n) is 3.71. The molecular weight excluding hydrogens is 286 g/mol. The molecule has 17 heavy (non-hydrogen) atoms. The van der Waals surface area contributed by atoms with E-state index in [1.54, 1.807) is 6.07 Å². The van der Waals surface area contributed by atoms with Crippen LogP contribution in [0.15, 0.2) is 34.3 Å². The van der Waals surface area contributed by atoms with Crippen LogP contribution in [-0.4, -0.2) is 17.0 Å². The number of allylic oxidation sites excluding steroid dienone is 1. The minimum absolute atomic E-state index is 0.126. The molecule has 0 saturated carbocycles. The van der Waals surface area contributed by atoms with Gasteiger partial charge in [-0.1, -0.05) is 5.57 Å². The summed E-state index contributed by atoms with van der Waals surface area (Å²) in [5.74, 6) is -1.32. The molecule has 0 aliphatic rings. The summed E-state index contributed by atoms with van der Waals surface area (Å²) in [6.07, 6.45) is 1.44. The number of nitrogens with one attached hydrogen (secondary N) is 1. The Bertz CT molecular complexity index is 491. The monoisotopic (exact) mass is 297 g/mol. The van der Waals surface area contributed by atoms with Crippen LogP contribution in [0.1, 0.15) is 24.2 Å². The third-order valence-electron chi connectivity index (χ3n) is 1.89. The molecule has 0 fully saturated rings. The molecule has 0 heterocycles. The van der Waals surface area contributed by atoms with Crippen molar-refractivity contribution >= 4 is 33.5 Å². The fourth-order valence-corrected chi connectivity index (χ4v) is 1.53. The van der Waals surface area contributed by atoms with Crippen molar-refractivity contribution in [2.45, 2.75) is 13.8 Å². The molecular formula is C12H12BrNO3. The topological polar surface area (TPSA) is 66.4 Å². The number of carboxylic acids is 1. The molecule has 0 aromatic heterocycles. The first kappa shape index (κ1) is 13.4. The molecule has 1 aromatic rings. The van der Waals surface area contributed by atoms with Crippen LogP contribution >= 0.6 is 15.9 Å². The molecule has 0 spiro atoms. The summed E-state index contributed by atoms with van der Waals surface area (Å²) < 4.78 is 0.637. The minimum Gasteiger partial charge on any atom is -0.478 e. The lowest BCUT2D eigenvalue weighted by atomic mass is 10.2. The fraction of sp³-hybridized carbons (Fsp3) is 0.167. The van der Waals surface area contributed by atoms with Crippen molar-refractivity contribution in [3.05, 3.63) is 39.9 Å². The lowest BCUT2D eigenvalue weighted by Crippen LogP contribution is -2.10. The number of aromatic carboxylic acids is 1. The van der Waals surface area contributed by atoms with Gasteiger partial charge in [-0.25, -0.2) is 4.79 Å². The molecule has 0 aliphatic heterocycles. The Kier molecular flexibility index (Phi) is 4.45. The second-order valence-corrected chi connectivity index (χ2v) is 4.57. The Morgan fingerprint density at radius 1 is 1.35 bits per heavy atom. The van der Waals surface area contributed by atoms with E-state index in [0.717, 1.165) is 5.57 Å². The molecule has 0 saturated heterocycles. The van der Waals surface area contributed by atoms with Gasteiger partial charge in [0.2, 0.25) is 5.91 Å². The van der Waals surface area contributed by atoms with Crippen LogP contribution in [0.5, 0.6) is 0 Å². The number of amides is 1. The van der Waals surface area contributed by atoms with Crippen molar-refractivity contribution < 1.29 is 14.7 Å². The van der Waals surface area contributed by atoms with E-state index in [0.29, 0.717) is 10.2 Å². The van der Waals surface area contributed by atoms with E-state index in [1.807, 2.05) is 13.8 Å². The zero-order chi connectivity index (χ0) is 13.0. The normalized spacial score (nSPS) is 9.59. The molecule has 4 nitrogen and oxygen atoms in total. The highest BCUT2D eigenvalue weighted by Gasteiger charge is 2.08. The maximum Gasteiger partial charge on any atom is 0.335 e. The molecule has 2 N–H and O–H groups in total. The van der Waals surface area contributed by atoms with Crippen LogP contribution < -0.4 is 5.32 Å². The smallest absolute Gasteiger partial charge is 0.335 e. The van der Waals surface area contributed by atoms with Crippen molar-refractivity contribution in [2.75, 3.05) is 5.32 Å². The first-order chi connectivity index (χ1) is 7.90. The summed E-state index contributed by atoms with van der Waals surface area (Å²) in [6, 6.07) is 4.45. The minimum atomic E-state index is -1.03. The van der Waals surface area contributed by atoms with E-state index in [9.17, 15) is 9.59 Å². The largest absolute Gasteiger partial charge is 0.478 e. The highest BCUT2D eigenvalue weighted by Crippen LogP contribution is 2.23. The van der Waals surface area contributed by atoms with Crippen LogP contribution in [0, 0.1) is 0 Å². The van der Waals surface area contributed by atoms with E-state index < -0.39 is 5.97 Å². The summed E-state index contributed by atoms with van der Waals surface area (Å²) in [5.41, 5.74) is 1.43. The van der Waals surface area contributed by atoms with Crippen molar-refractivity contribution in [1.29, 1.82) is 0 Å². The number of halogens is 1. The Hall–Kier alpha value is -1.62. The number of benzene rings is 1. The summed E-state index contributed by atoms with van der Waals surface area (Å²) in [6.45, 7) is 3.62. The van der Waals surface area contributed by atoms with Crippen LogP contribution in [-0.2, 0) is 4.79 Å². The van der Waals surface area contributed by atoms with Gasteiger partial charge in [-0.2, -0.15) is 0 Å². The Morgan fingerprint density at radius 2 is 2.00 bits per heavy atom. The molecule has 5 heteroatoms. The van der Waals surface area contributed by atoms with Crippen molar-refractivity contribution in [1.82, 2.24) is 0 Å². The number of anilines is 1. The average Bonchev–Trinajstić information content (AvgIpc) is 2.19. The molecule has 0 bridgehead atoms. The molecule has 1 amide bonds. The fourth-order valence-electron chi connectivity index (χ4n) is 1.19. The van der Waals surface area contributed by atoms with Crippen molar-refractivity contribution in [2.24, 2.45) is 0 Å². The third-order valence-corrected chi connectivity index (χ3v) is 2.58. The third kappa shape index (κ3) is 4.03. The van der Waals surface area contributed by atoms with E-state index in [4.69, 9.17) is 5.11 Å². The Labute approximate surface area is 107 Å². The van der Waals surface area contributed by atoms with Crippen LogP contribution in [0.4, 0.5) is 5.69 Å². The second kappa shape index (κ2) is 5.63. The van der Waals surface area contributed by atoms with Gasteiger partial charge in [0.05, 0.1) is 11.3 Å². The Balaban J connectivity index is 2.98. The average molecular weight is 298 g/mol. The lowest BCUT2D eigenvalue weighted by molar-refractivity contribution is -0.112.